The lowest BCUT2D eigenvalue weighted by atomic mass is 10.1. The van der Waals surface area contributed by atoms with Crippen LogP contribution in [0.4, 0.5) is 0 Å². The molecule has 1 heterocycles. The maximum atomic E-state index is 10.2. The lowest BCUT2D eigenvalue weighted by Crippen LogP contribution is -2.03. The summed E-state index contributed by atoms with van der Waals surface area (Å²) in [6, 6.07) is 13.9. The first-order chi connectivity index (χ1) is 9.65. The lowest BCUT2D eigenvalue weighted by molar-refractivity contribution is 0.318. The van der Waals surface area contributed by atoms with E-state index in [-0.39, 0.29) is 11.8 Å². The number of hydrogen-bond acceptors (Lipinski definition) is 3. The maximum Gasteiger partial charge on any atom is 0.220 e. The van der Waals surface area contributed by atoms with Crippen molar-refractivity contribution in [3.05, 3.63) is 64.7 Å². The van der Waals surface area contributed by atoms with Crippen LogP contribution in [-0.2, 0) is 4.74 Å². The van der Waals surface area contributed by atoms with Crippen LogP contribution in [0.1, 0.15) is 28.3 Å². The minimum Gasteiger partial charge on any atom is -0.507 e. The number of rotatable bonds is 2. The highest BCUT2D eigenvalue weighted by molar-refractivity contribution is 5.98. The smallest absolute Gasteiger partial charge is 0.220 e. The van der Waals surface area contributed by atoms with Gasteiger partial charge in [-0.1, -0.05) is 36.4 Å². The summed E-state index contributed by atoms with van der Waals surface area (Å²) >= 11 is 0. The second kappa shape index (κ2) is 5.00. The van der Waals surface area contributed by atoms with Crippen molar-refractivity contribution >= 4 is 5.90 Å². The molecule has 2 aromatic carbocycles. The van der Waals surface area contributed by atoms with Crippen LogP contribution in [0, 0.1) is 13.8 Å². The van der Waals surface area contributed by atoms with Crippen LogP contribution in [-0.4, -0.2) is 17.6 Å². The third-order valence-electron chi connectivity index (χ3n) is 3.51. The summed E-state index contributed by atoms with van der Waals surface area (Å²) in [5.41, 5.74) is 3.74. The summed E-state index contributed by atoms with van der Waals surface area (Å²) in [7, 11) is 0. The first kappa shape index (κ1) is 12.7. The number of phenolic OH excluding ortho intramolecular Hbond substituents is 1. The molecule has 3 nitrogen and oxygen atoms in total. The number of phenols is 1. The van der Waals surface area contributed by atoms with E-state index < -0.39 is 0 Å². The topological polar surface area (TPSA) is 41.8 Å². The first-order valence-corrected chi connectivity index (χ1v) is 6.71. The highest BCUT2D eigenvalue weighted by Crippen LogP contribution is 2.30. The van der Waals surface area contributed by atoms with E-state index >= 15 is 0 Å². The Labute approximate surface area is 118 Å². The van der Waals surface area contributed by atoms with E-state index in [0.717, 1.165) is 16.7 Å². The fourth-order valence-electron chi connectivity index (χ4n) is 2.49. The average Bonchev–Trinajstić information content (AvgIpc) is 2.93. The summed E-state index contributed by atoms with van der Waals surface area (Å²) in [4.78, 5) is 4.61. The molecular weight excluding hydrogens is 250 g/mol. The standard InChI is InChI=1S/C17H17NO2/c1-11-8-12(2)16(19)14(9-11)17-18-15(10-20-17)13-6-4-3-5-7-13/h3-9,15,19H,10H2,1-2H3/t15-/m1/s1. The van der Waals surface area contributed by atoms with Gasteiger partial charge >= 0.3 is 0 Å². The Morgan fingerprint density at radius 1 is 1.15 bits per heavy atom. The van der Waals surface area contributed by atoms with Crippen LogP contribution in [0.2, 0.25) is 0 Å². The summed E-state index contributed by atoms with van der Waals surface area (Å²) in [5, 5.41) is 10.2. The van der Waals surface area contributed by atoms with Gasteiger partial charge in [0.15, 0.2) is 0 Å². The molecule has 1 aliphatic heterocycles. The molecule has 1 N–H and O–H groups in total. The molecule has 20 heavy (non-hydrogen) atoms. The van der Waals surface area contributed by atoms with Crippen LogP contribution in [0.25, 0.3) is 0 Å². The second-order valence-corrected chi connectivity index (χ2v) is 5.15. The van der Waals surface area contributed by atoms with E-state index in [1.165, 1.54) is 0 Å². The van der Waals surface area contributed by atoms with Gasteiger partial charge in [0.05, 0.1) is 5.56 Å². The molecule has 1 aliphatic rings. The Bertz CT molecular complexity index is 662. The number of aliphatic imine (C=N–C) groups is 1. The largest absolute Gasteiger partial charge is 0.507 e. The normalized spacial score (nSPS) is 17.7. The summed E-state index contributed by atoms with van der Waals surface area (Å²) in [5.74, 6) is 0.784. The number of aryl methyl sites for hydroxylation is 2. The van der Waals surface area contributed by atoms with Gasteiger partial charge in [-0.2, -0.15) is 0 Å². The van der Waals surface area contributed by atoms with Crippen molar-refractivity contribution in [2.75, 3.05) is 6.61 Å². The van der Waals surface area contributed by atoms with Crippen molar-refractivity contribution in [1.29, 1.82) is 0 Å². The van der Waals surface area contributed by atoms with Crippen LogP contribution in [0.5, 0.6) is 5.75 Å². The van der Waals surface area contributed by atoms with Gasteiger partial charge in [-0.25, -0.2) is 4.99 Å². The highest BCUT2D eigenvalue weighted by Gasteiger charge is 2.24. The zero-order valence-corrected chi connectivity index (χ0v) is 11.6. The third kappa shape index (κ3) is 2.27. The van der Waals surface area contributed by atoms with E-state index in [9.17, 15) is 5.11 Å². The third-order valence-corrected chi connectivity index (χ3v) is 3.51. The van der Waals surface area contributed by atoms with Gasteiger partial charge in [0.1, 0.15) is 18.4 Å². The zero-order chi connectivity index (χ0) is 14.1. The fourth-order valence-corrected chi connectivity index (χ4v) is 2.49. The lowest BCUT2D eigenvalue weighted by Gasteiger charge is -2.08. The van der Waals surface area contributed by atoms with Crippen LogP contribution in [0.3, 0.4) is 0 Å². The molecule has 0 fully saturated rings. The number of benzene rings is 2. The molecule has 0 radical (unpaired) electrons. The second-order valence-electron chi connectivity index (χ2n) is 5.15. The van der Waals surface area contributed by atoms with Crippen LogP contribution in [0.15, 0.2) is 47.5 Å². The van der Waals surface area contributed by atoms with E-state index in [2.05, 4.69) is 4.99 Å². The van der Waals surface area contributed by atoms with Gasteiger partial charge < -0.3 is 9.84 Å². The van der Waals surface area contributed by atoms with Gasteiger partial charge in [0.2, 0.25) is 5.90 Å². The Morgan fingerprint density at radius 2 is 1.90 bits per heavy atom. The molecule has 102 valence electrons. The SMILES string of the molecule is Cc1cc(C)c(O)c(C2=N[C@@H](c3ccccc3)CO2)c1. The molecular formula is C17H17NO2. The molecule has 0 bridgehead atoms. The molecule has 3 heteroatoms. The summed E-state index contributed by atoms with van der Waals surface area (Å²) in [6.45, 7) is 4.40. The molecule has 2 aromatic rings. The molecule has 0 saturated heterocycles. The predicted molar refractivity (Wildman–Crippen MR) is 79.3 cm³/mol. The van der Waals surface area contributed by atoms with Gasteiger partial charge in [0.25, 0.3) is 0 Å². The van der Waals surface area contributed by atoms with Crippen molar-refractivity contribution in [3.8, 4) is 5.75 Å². The molecule has 0 unspecified atom stereocenters. The fraction of sp³-hybridized carbons (Fsp3) is 0.235. The molecule has 0 saturated carbocycles. The van der Waals surface area contributed by atoms with Crippen molar-refractivity contribution in [3.63, 3.8) is 0 Å². The molecule has 0 aromatic heterocycles. The zero-order valence-electron chi connectivity index (χ0n) is 11.6. The van der Waals surface area contributed by atoms with E-state index in [0.29, 0.717) is 18.1 Å². The van der Waals surface area contributed by atoms with Gasteiger partial charge in [0, 0.05) is 0 Å². The Kier molecular flexibility index (Phi) is 3.18. The Hall–Kier alpha value is -2.29. The quantitative estimate of drug-likeness (QED) is 0.904. The summed E-state index contributed by atoms with van der Waals surface area (Å²) < 4.78 is 5.69. The van der Waals surface area contributed by atoms with Crippen LogP contribution < -0.4 is 0 Å². The minimum absolute atomic E-state index is 0.00594. The van der Waals surface area contributed by atoms with Gasteiger partial charge in [-0.05, 0) is 36.6 Å². The van der Waals surface area contributed by atoms with E-state index in [1.807, 2.05) is 56.3 Å². The number of nitrogens with zero attached hydrogens (tertiary/aromatic N) is 1. The predicted octanol–water partition coefficient (Wildman–Crippen LogP) is 3.53. The highest BCUT2D eigenvalue weighted by atomic mass is 16.5. The van der Waals surface area contributed by atoms with E-state index in [4.69, 9.17) is 4.74 Å². The monoisotopic (exact) mass is 267 g/mol. The van der Waals surface area contributed by atoms with Crippen molar-refractivity contribution in [1.82, 2.24) is 0 Å². The van der Waals surface area contributed by atoms with Gasteiger partial charge in [-0.3, -0.25) is 0 Å². The Balaban J connectivity index is 1.97. The molecule has 0 amide bonds. The molecule has 3 rings (SSSR count). The van der Waals surface area contributed by atoms with E-state index in [1.54, 1.807) is 0 Å². The van der Waals surface area contributed by atoms with Gasteiger partial charge in [-0.15, -0.1) is 0 Å². The van der Waals surface area contributed by atoms with Crippen molar-refractivity contribution < 1.29 is 9.84 Å². The molecule has 1 atom stereocenters. The molecule has 0 spiro atoms. The number of aromatic hydroxyl groups is 1. The van der Waals surface area contributed by atoms with Crippen molar-refractivity contribution in [2.24, 2.45) is 4.99 Å². The number of hydrogen-bond donors (Lipinski definition) is 1. The minimum atomic E-state index is 0.00594. The number of ether oxygens (including phenoxy) is 1. The maximum absolute atomic E-state index is 10.2. The summed E-state index contributed by atoms with van der Waals surface area (Å²) in [6.07, 6.45) is 0. The van der Waals surface area contributed by atoms with Crippen molar-refractivity contribution in [2.45, 2.75) is 19.9 Å². The Morgan fingerprint density at radius 3 is 2.65 bits per heavy atom. The molecule has 0 aliphatic carbocycles. The average molecular weight is 267 g/mol. The first-order valence-electron chi connectivity index (χ1n) is 6.71. The van der Waals surface area contributed by atoms with Crippen LogP contribution >= 0.6 is 0 Å².